The van der Waals surface area contributed by atoms with Gasteiger partial charge < -0.3 is 10.1 Å². The molecule has 1 unspecified atom stereocenters. The summed E-state index contributed by atoms with van der Waals surface area (Å²) >= 11 is 3.44. The summed E-state index contributed by atoms with van der Waals surface area (Å²) < 4.78 is 5.53. The molecule has 0 saturated carbocycles. The maximum atomic E-state index is 12.0. The lowest BCUT2D eigenvalue weighted by Crippen LogP contribution is -2.46. The zero-order chi connectivity index (χ0) is 12.9. The third-order valence-corrected chi connectivity index (χ3v) is 3.97. The van der Waals surface area contributed by atoms with Gasteiger partial charge in [0.15, 0.2) is 0 Å². The molecule has 0 aromatic rings. The second-order valence-electron chi connectivity index (χ2n) is 5.82. The maximum absolute atomic E-state index is 12.0. The van der Waals surface area contributed by atoms with E-state index in [0.29, 0.717) is 6.61 Å². The second kappa shape index (κ2) is 6.19. The number of ether oxygens (including phenoxy) is 1. The summed E-state index contributed by atoms with van der Waals surface area (Å²) in [6.45, 7) is 7.69. The Hall–Kier alpha value is -0.0900. The molecule has 1 fully saturated rings. The molecule has 0 aromatic heterocycles. The van der Waals surface area contributed by atoms with E-state index in [0.717, 1.165) is 37.6 Å². The standard InChI is InChI=1S/C13H24BrNO2/c1-12(2,6-4-8-14)10-15-11(16)13(3)7-5-9-17-13/h4-10H2,1-3H3,(H,15,16). The first-order valence-electron chi connectivity index (χ1n) is 6.38. The van der Waals surface area contributed by atoms with E-state index in [1.165, 1.54) is 0 Å². The van der Waals surface area contributed by atoms with Gasteiger partial charge in [0.05, 0.1) is 0 Å². The van der Waals surface area contributed by atoms with Crippen LogP contribution in [0.2, 0.25) is 0 Å². The van der Waals surface area contributed by atoms with Gasteiger partial charge in [-0.05, 0) is 38.0 Å². The lowest BCUT2D eigenvalue weighted by molar-refractivity contribution is -0.140. The normalized spacial score (nSPS) is 24.9. The van der Waals surface area contributed by atoms with Crippen LogP contribution in [0.15, 0.2) is 0 Å². The zero-order valence-corrected chi connectivity index (χ0v) is 12.7. The first-order chi connectivity index (χ1) is 7.90. The summed E-state index contributed by atoms with van der Waals surface area (Å²) in [5.41, 5.74) is -0.441. The Morgan fingerprint density at radius 3 is 2.76 bits per heavy atom. The predicted octanol–water partition coefficient (Wildman–Crippen LogP) is 2.87. The van der Waals surface area contributed by atoms with E-state index in [1.807, 2.05) is 6.92 Å². The molecule has 1 heterocycles. The Kier molecular flexibility index (Phi) is 5.45. The van der Waals surface area contributed by atoms with Crippen molar-refractivity contribution < 1.29 is 9.53 Å². The van der Waals surface area contributed by atoms with E-state index in [4.69, 9.17) is 4.74 Å². The molecule has 1 aliphatic heterocycles. The highest BCUT2D eigenvalue weighted by Crippen LogP contribution is 2.26. The van der Waals surface area contributed by atoms with Crippen LogP contribution in [0, 0.1) is 5.41 Å². The molecule has 0 radical (unpaired) electrons. The third kappa shape index (κ3) is 4.59. The third-order valence-electron chi connectivity index (χ3n) is 3.41. The number of carbonyl (C=O) groups is 1. The van der Waals surface area contributed by atoms with Gasteiger partial charge in [-0.25, -0.2) is 0 Å². The fraction of sp³-hybridized carbons (Fsp3) is 0.923. The summed E-state index contributed by atoms with van der Waals surface area (Å²) in [6, 6.07) is 0. The van der Waals surface area contributed by atoms with Crippen LogP contribution in [-0.4, -0.2) is 30.0 Å². The molecule has 1 N–H and O–H groups in total. The van der Waals surface area contributed by atoms with Gasteiger partial charge >= 0.3 is 0 Å². The lowest BCUT2D eigenvalue weighted by Gasteiger charge is -2.28. The molecule has 17 heavy (non-hydrogen) atoms. The average Bonchev–Trinajstić information content (AvgIpc) is 2.72. The highest BCUT2D eigenvalue weighted by Gasteiger charge is 2.38. The molecular formula is C13H24BrNO2. The summed E-state index contributed by atoms with van der Waals surface area (Å²) in [5.74, 6) is 0.0434. The number of hydrogen-bond donors (Lipinski definition) is 1. The number of rotatable bonds is 6. The van der Waals surface area contributed by atoms with Crippen molar-refractivity contribution in [3.63, 3.8) is 0 Å². The number of carbonyl (C=O) groups excluding carboxylic acids is 1. The fourth-order valence-corrected chi connectivity index (χ4v) is 2.38. The minimum atomic E-state index is -0.592. The summed E-state index contributed by atoms with van der Waals surface area (Å²) in [4.78, 5) is 12.0. The Morgan fingerprint density at radius 2 is 2.24 bits per heavy atom. The topological polar surface area (TPSA) is 38.3 Å². The van der Waals surface area contributed by atoms with Crippen molar-refractivity contribution >= 4 is 21.8 Å². The van der Waals surface area contributed by atoms with E-state index >= 15 is 0 Å². The molecule has 0 aliphatic carbocycles. The van der Waals surface area contributed by atoms with Gasteiger partial charge in [0.1, 0.15) is 5.60 Å². The Bertz CT molecular complexity index is 260. The van der Waals surface area contributed by atoms with E-state index in [1.54, 1.807) is 0 Å². The Morgan fingerprint density at radius 1 is 1.53 bits per heavy atom. The van der Waals surface area contributed by atoms with Crippen LogP contribution in [0.3, 0.4) is 0 Å². The van der Waals surface area contributed by atoms with E-state index < -0.39 is 5.60 Å². The summed E-state index contributed by atoms with van der Waals surface area (Å²) in [5, 5.41) is 4.05. The number of nitrogens with one attached hydrogen (secondary N) is 1. The number of amides is 1. The molecule has 1 amide bonds. The molecule has 3 nitrogen and oxygen atoms in total. The quantitative estimate of drug-likeness (QED) is 0.766. The van der Waals surface area contributed by atoms with Crippen molar-refractivity contribution in [2.75, 3.05) is 18.5 Å². The largest absolute Gasteiger partial charge is 0.365 e. The average molecular weight is 306 g/mol. The Labute approximate surface area is 113 Å². The van der Waals surface area contributed by atoms with Crippen molar-refractivity contribution in [1.82, 2.24) is 5.32 Å². The molecule has 0 bridgehead atoms. The molecule has 1 atom stereocenters. The highest BCUT2D eigenvalue weighted by atomic mass is 79.9. The summed E-state index contributed by atoms with van der Waals surface area (Å²) in [7, 11) is 0. The number of alkyl halides is 1. The molecule has 0 spiro atoms. The van der Waals surface area contributed by atoms with Crippen LogP contribution >= 0.6 is 15.9 Å². The van der Waals surface area contributed by atoms with Gasteiger partial charge in [-0.3, -0.25) is 4.79 Å². The van der Waals surface area contributed by atoms with Crippen LogP contribution in [0.1, 0.15) is 46.5 Å². The van der Waals surface area contributed by atoms with E-state index in [-0.39, 0.29) is 11.3 Å². The SMILES string of the molecule is CC(C)(CCCBr)CNC(=O)C1(C)CCCO1. The van der Waals surface area contributed by atoms with E-state index in [2.05, 4.69) is 35.1 Å². The van der Waals surface area contributed by atoms with Crippen LogP contribution in [-0.2, 0) is 9.53 Å². The first kappa shape index (κ1) is 15.0. The molecular weight excluding hydrogens is 282 g/mol. The molecule has 1 saturated heterocycles. The maximum Gasteiger partial charge on any atom is 0.251 e. The van der Waals surface area contributed by atoms with Crippen molar-refractivity contribution in [2.45, 2.75) is 52.1 Å². The van der Waals surface area contributed by atoms with Gasteiger partial charge in [0.2, 0.25) is 0 Å². The Balaban J connectivity index is 2.36. The highest BCUT2D eigenvalue weighted by molar-refractivity contribution is 9.09. The fourth-order valence-electron chi connectivity index (χ4n) is 2.10. The molecule has 4 heteroatoms. The lowest BCUT2D eigenvalue weighted by atomic mass is 9.87. The molecule has 1 rings (SSSR count). The zero-order valence-electron chi connectivity index (χ0n) is 11.1. The van der Waals surface area contributed by atoms with Crippen molar-refractivity contribution in [2.24, 2.45) is 5.41 Å². The minimum absolute atomic E-state index is 0.0434. The van der Waals surface area contributed by atoms with Crippen LogP contribution in [0.4, 0.5) is 0 Å². The van der Waals surface area contributed by atoms with Gasteiger partial charge in [0, 0.05) is 18.5 Å². The minimum Gasteiger partial charge on any atom is -0.365 e. The van der Waals surface area contributed by atoms with Crippen LogP contribution in [0.25, 0.3) is 0 Å². The van der Waals surface area contributed by atoms with Gasteiger partial charge in [-0.15, -0.1) is 0 Å². The van der Waals surface area contributed by atoms with Gasteiger partial charge in [-0.1, -0.05) is 29.8 Å². The smallest absolute Gasteiger partial charge is 0.251 e. The molecule has 0 aromatic carbocycles. The number of hydrogen-bond acceptors (Lipinski definition) is 2. The van der Waals surface area contributed by atoms with Crippen LogP contribution < -0.4 is 5.32 Å². The van der Waals surface area contributed by atoms with Crippen molar-refractivity contribution in [1.29, 1.82) is 0 Å². The monoisotopic (exact) mass is 305 g/mol. The first-order valence-corrected chi connectivity index (χ1v) is 7.50. The van der Waals surface area contributed by atoms with Crippen molar-refractivity contribution in [3.8, 4) is 0 Å². The molecule has 1 aliphatic rings. The van der Waals surface area contributed by atoms with E-state index in [9.17, 15) is 4.79 Å². The van der Waals surface area contributed by atoms with Crippen molar-refractivity contribution in [3.05, 3.63) is 0 Å². The van der Waals surface area contributed by atoms with Gasteiger partial charge in [-0.2, -0.15) is 0 Å². The van der Waals surface area contributed by atoms with Gasteiger partial charge in [0.25, 0.3) is 5.91 Å². The second-order valence-corrected chi connectivity index (χ2v) is 6.62. The predicted molar refractivity (Wildman–Crippen MR) is 73.4 cm³/mol. The molecule has 100 valence electrons. The van der Waals surface area contributed by atoms with Crippen LogP contribution in [0.5, 0.6) is 0 Å². The summed E-state index contributed by atoms with van der Waals surface area (Å²) in [6.07, 6.45) is 4.06. The number of halogens is 1.